The summed E-state index contributed by atoms with van der Waals surface area (Å²) in [6, 6.07) is 7.95. The van der Waals surface area contributed by atoms with Crippen LogP contribution < -0.4 is 10.5 Å². The van der Waals surface area contributed by atoms with Gasteiger partial charge in [-0.3, -0.25) is 0 Å². The molecule has 112 valence electrons. The number of ether oxygens (including phenoxy) is 1. The molecule has 1 aliphatic rings. The van der Waals surface area contributed by atoms with E-state index in [1.165, 1.54) is 0 Å². The molecule has 0 spiro atoms. The molecule has 0 bridgehead atoms. The lowest BCUT2D eigenvalue weighted by Gasteiger charge is -2.35. The summed E-state index contributed by atoms with van der Waals surface area (Å²) in [6.45, 7) is 6.20. The van der Waals surface area contributed by atoms with Gasteiger partial charge in [0.1, 0.15) is 5.75 Å². The summed E-state index contributed by atoms with van der Waals surface area (Å²) in [4.78, 5) is 2.40. The van der Waals surface area contributed by atoms with Crippen LogP contribution >= 0.6 is 0 Å². The van der Waals surface area contributed by atoms with E-state index in [1.54, 1.807) is 0 Å². The van der Waals surface area contributed by atoms with E-state index < -0.39 is 5.60 Å². The van der Waals surface area contributed by atoms with Gasteiger partial charge in [-0.05, 0) is 43.9 Å². The van der Waals surface area contributed by atoms with Gasteiger partial charge in [-0.2, -0.15) is 0 Å². The Bertz CT molecular complexity index is 411. The van der Waals surface area contributed by atoms with Crippen LogP contribution in [-0.2, 0) is 6.54 Å². The van der Waals surface area contributed by atoms with E-state index in [9.17, 15) is 5.11 Å². The van der Waals surface area contributed by atoms with E-state index in [2.05, 4.69) is 4.90 Å². The van der Waals surface area contributed by atoms with E-state index in [-0.39, 0.29) is 0 Å². The van der Waals surface area contributed by atoms with E-state index in [4.69, 9.17) is 10.5 Å². The van der Waals surface area contributed by atoms with E-state index >= 15 is 0 Å². The van der Waals surface area contributed by atoms with Crippen molar-refractivity contribution >= 4 is 0 Å². The van der Waals surface area contributed by atoms with Crippen LogP contribution in [0.15, 0.2) is 24.3 Å². The van der Waals surface area contributed by atoms with Crippen molar-refractivity contribution < 1.29 is 9.84 Å². The maximum Gasteiger partial charge on any atom is 0.119 e. The van der Waals surface area contributed by atoms with Gasteiger partial charge in [-0.1, -0.05) is 12.1 Å². The average molecular weight is 278 g/mol. The molecule has 0 aliphatic carbocycles. The Morgan fingerprint density at radius 1 is 1.35 bits per heavy atom. The van der Waals surface area contributed by atoms with Gasteiger partial charge in [0.05, 0.1) is 12.2 Å². The molecule has 1 fully saturated rings. The third-order valence-electron chi connectivity index (χ3n) is 3.95. The Labute approximate surface area is 121 Å². The molecular weight excluding hydrogens is 252 g/mol. The summed E-state index contributed by atoms with van der Waals surface area (Å²) in [5, 5.41) is 9.90. The molecule has 0 atom stereocenters. The van der Waals surface area contributed by atoms with Gasteiger partial charge < -0.3 is 20.5 Å². The minimum absolute atomic E-state index is 0.463. The molecule has 3 N–H and O–H groups in total. The van der Waals surface area contributed by atoms with Crippen LogP contribution in [0.4, 0.5) is 0 Å². The van der Waals surface area contributed by atoms with Gasteiger partial charge in [0.25, 0.3) is 0 Å². The van der Waals surface area contributed by atoms with Gasteiger partial charge in [-0.15, -0.1) is 0 Å². The first-order chi connectivity index (χ1) is 9.59. The van der Waals surface area contributed by atoms with Crippen LogP contribution in [0.3, 0.4) is 0 Å². The molecule has 1 aromatic rings. The van der Waals surface area contributed by atoms with Crippen LogP contribution in [0.2, 0.25) is 0 Å². The summed E-state index contributed by atoms with van der Waals surface area (Å²) >= 11 is 0. The molecule has 20 heavy (non-hydrogen) atoms. The van der Waals surface area contributed by atoms with E-state index in [0.29, 0.717) is 6.54 Å². The summed E-state index contributed by atoms with van der Waals surface area (Å²) in [5.74, 6) is 0.898. The van der Waals surface area contributed by atoms with Crippen molar-refractivity contribution in [3.63, 3.8) is 0 Å². The first kappa shape index (κ1) is 15.3. The van der Waals surface area contributed by atoms with Crippen molar-refractivity contribution in [3.8, 4) is 5.75 Å². The molecule has 0 amide bonds. The highest BCUT2D eigenvalue weighted by molar-refractivity contribution is 5.28. The Balaban J connectivity index is 1.64. The summed E-state index contributed by atoms with van der Waals surface area (Å²) in [7, 11) is 0. The number of piperidine rings is 1. The molecular formula is C16H26N2O2. The highest BCUT2D eigenvalue weighted by Gasteiger charge is 2.26. The number of likely N-dealkylation sites (tertiary alicyclic amines) is 1. The third kappa shape index (κ3) is 4.78. The Morgan fingerprint density at radius 2 is 2.10 bits per heavy atom. The van der Waals surface area contributed by atoms with E-state index in [0.717, 1.165) is 56.8 Å². The normalized spacial score (nSPS) is 18.9. The smallest absolute Gasteiger partial charge is 0.119 e. The average Bonchev–Trinajstić information content (AvgIpc) is 2.45. The van der Waals surface area contributed by atoms with Crippen molar-refractivity contribution in [3.05, 3.63) is 29.8 Å². The highest BCUT2D eigenvalue weighted by Crippen LogP contribution is 2.21. The van der Waals surface area contributed by atoms with Crippen molar-refractivity contribution in [2.24, 2.45) is 5.73 Å². The fourth-order valence-corrected chi connectivity index (χ4v) is 2.50. The van der Waals surface area contributed by atoms with Crippen molar-refractivity contribution in [2.75, 3.05) is 26.2 Å². The predicted molar refractivity (Wildman–Crippen MR) is 80.7 cm³/mol. The lowest BCUT2D eigenvalue weighted by Crippen LogP contribution is -2.42. The fraction of sp³-hybridized carbons (Fsp3) is 0.625. The minimum Gasteiger partial charge on any atom is -0.494 e. The number of aliphatic hydroxyl groups is 1. The van der Waals surface area contributed by atoms with Crippen LogP contribution in [-0.4, -0.2) is 41.8 Å². The van der Waals surface area contributed by atoms with Crippen molar-refractivity contribution in [1.82, 2.24) is 4.90 Å². The third-order valence-corrected chi connectivity index (χ3v) is 3.95. The number of hydrogen-bond donors (Lipinski definition) is 2. The highest BCUT2D eigenvalue weighted by atomic mass is 16.5. The molecule has 4 heteroatoms. The minimum atomic E-state index is -0.463. The molecule has 0 saturated carbocycles. The maximum atomic E-state index is 9.90. The molecule has 1 saturated heterocycles. The molecule has 1 heterocycles. The molecule has 0 aromatic heterocycles. The first-order valence-electron chi connectivity index (χ1n) is 7.46. The summed E-state index contributed by atoms with van der Waals surface area (Å²) in [6.07, 6.45) is 2.74. The van der Waals surface area contributed by atoms with Gasteiger partial charge in [0.15, 0.2) is 0 Å². The second-order valence-electron chi connectivity index (χ2n) is 5.89. The van der Waals surface area contributed by atoms with Crippen molar-refractivity contribution in [2.45, 2.75) is 38.3 Å². The molecule has 0 unspecified atom stereocenters. The zero-order valence-corrected chi connectivity index (χ0v) is 12.3. The topological polar surface area (TPSA) is 58.7 Å². The van der Waals surface area contributed by atoms with Gasteiger partial charge in [0, 0.05) is 26.2 Å². The van der Waals surface area contributed by atoms with Crippen LogP contribution in [0.1, 0.15) is 31.7 Å². The van der Waals surface area contributed by atoms with Gasteiger partial charge in [-0.25, -0.2) is 0 Å². The summed E-state index contributed by atoms with van der Waals surface area (Å²) < 4.78 is 5.75. The Hall–Kier alpha value is -1.10. The molecule has 1 aromatic carbocycles. The van der Waals surface area contributed by atoms with E-state index in [1.807, 2.05) is 31.2 Å². The molecule has 2 rings (SSSR count). The fourth-order valence-electron chi connectivity index (χ4n) is 2.50. The molecule has 1 aliphatic heterocycles. The van der Waals surface area contributed by atoms with Gasteiger partial charge in [0.2, 0.25) is 0 Å². The van der Waals surface area contributed by atoms with Crippen LogP contribution in [0.25, 0.3) is 0 Å². The lowest BCUT2D eigenvalue weighted by atomic mass is 9.94. The monoisotopic (exact) mass is 278 g/mol. The summed E-state index contributed by atoms with van der Waals surface area (Å²) in [5.41, 5.74) is 6.25. The second kappa shape index (κ2) is 7.07. The van der Waals surface area contributed by atoms with Gasteiger partial charge >= 0.3 is 0 Å². The number of rotatable bonds is 6. The number of nitrogens with two attached hydrogens (primary N) is 1. The zero-order valence-electron chi connectivity index (χ0n) is 12.3. The number of hydrogen-bond acceptors (Lipinski definition) is 4. The van der Waals surface area contributed by atoms with Crippen molar-refractivity contribution in [1.29, 1.82) is 0 Å². The maximum absolute atomic E-state index is 9.90. The Morgan fingerprint density at radius 3 is 2.80 bits per heavy atom. The number of benzene rings is 1. The molecule has 4 nitrogen and oxygen atoms in total. The second-order valence-corrected chi connectivity index (χ2v) is 5.89. The quantitative estimate of drug-likeness (QED) is 0.779. The standard InChI is InChI=1S/C16H26N2O2/c1-16(19)6-9-18(10-7-16)8-3-11-20-15-5-2-4-14(12-15)13-17/h2,4-5,12,19H,3,6-11,13,17H2,1H3. The zero-order chi connectivity index (χ0) is 14.4. The largest absolute Gasteiger partial charge is 0.494 e. The van der Waals surface area contributed by atoms with Crippen LogP contribution in [0.5, 0.6) is 5.75 Å². The predicted octanol–water partition coefficient (Wildman–Crippen LogP) is 1.76. The van der Waals surface area contributed by atoms with Crippen LogP contribution in [0, 0.1) is 0 Å². The first-order valence-corrected chi connectivity index (χ1v) is 7.46. The SMILES string of the molecule is CC1(O)CCN(CCCOc2cccc(CN)c2)CC1. The number of nitrogens with zero attached hydrogens (tertiary/aromatic N) is 1. The Kier molecular flexibility index (Phi) is 5.40. The lowest BCUT2D eigenvalue weighted by molar-refractivity contribution is -0.00603. The molecule has 0 radical (unpaired) electrons.